The monoisotopic (exact) mass is 293 g/mol. The van der Waals surface area contributed by atoms with Gasteiger partial charge in [0.05, 0.1) is 11.0 Å². The fourth-order valence-corrected chi connectivity index (χ4v) is 2.46. The maximum absolute atomic E-state index is 11.0. The van der Waals surface area contributed by atoms with Crippen molar-refractivity contribution in [2.24, 2.45) is 0 Å². The summed E-state index contributed by atoms with van der Waals surface area (Å²) in [6.07, 6.45) is 1.78. The van der Waals surface area contributed by atoms with Gasteiger partial charge in [-0.15, -0.1) is 11.3 Å². The van der Waals surface area contributed by atoms with E-state index >= 15 is 0 Å². The van der Waals surface area contributed by atoms with E-state index in [0.717, 1.165) is 9.88 Å². The Labute approximate surface area is 120 Å². The Morgan fingerprint density at radius 1 is 1.45 bits per heavy atom. The van der Waals surface area contributed by atoms with Gasteiger partial charge in [-0.2, -0.15) is 0 Å². The van der Waals surface area contributed by atoms with Crippen molar-refractivity contribution >= 4 is 28.7 Å². The van der Waals surface area contributed by atoms with E-state index in [-0.39, 0.29) is 17.5 Å². The van der Waals surface area contributed by atoms with Gasteiger partial charge in [-0.25, -0.2) is 9.97 Å². The lowest BCUT2D eigenvalue weighted by Gasteiger charge is -2.12. The highest BCUT2D eigenvalue weighted by molar-refractivity contribution is 7.11. The van der Waals surface area contributed by atoms with Crippen LogP contribution in [0.1, 0.15) is 22.9 Å². The van der Waals surface area contributed by atoms with Gasteiger partial charge < -0.3 is 10.6 Å². The van der Waals surface area contributed by atoms with Crippen LogP contribution in [-0.4, -0.2) is 21.9 Å². The Balaban J connectivity index is 2.29. The van der Waals surface area contributed by atoms with Crippen molar-refractivity contribution in [1.82, 2.24) is 9.97 Å². The fourth-order valence-electron chi connectivity index (χ4n) is 1.68. The molecule has 7 nitrogen and oxygen atoms in total. The first kappa shape index (κ1) is 14.2. The Bertz CT molecular complexity index is 628. The van der Waals surface area contributed by atoms with Gasteiger partial charge in [0.15, 0.2) is 0 Å². The van der Waals surface area contributed by atoms with E-state index in [0.29, 0.717) is 5.82 Å². The van der Waals surface area contributed by atoms with Crippen LogP contribution in [0.5, 0.6) is 0 Å². The zero-order chi connectivity index (χ0) is 14.7. The topological polar surface area (TPSA) is 93.0 Å². The van der Waals surface area contributed by atoms with Gasteiger partial charge >= 0.3 is 5.69 Å². The van der Waals surface area contributed by atoms with Crippen LogP contribution in [0.15, 0.2) is 18.3 Å². The Morgan fingerprint density at radius 3 is 2.75 bits per heavy atom. The van der Waals surface area contributed by atoms with Crippen molar-refractivity contribution < 1.29 is 4.92 Å². The number of pyridine rings is 1. The smallest absolute Gasteiger partial charge is 0.311 e. The Hall–Kier alpha value is -2.22. The number of nitro groups is 1. The predicted octanol–water partition coefficient (Wildman–Crippen LogP) is 2.97. The quantitative estimate of drug-likeness (QED) is 0.650. The highest BCUT2D eigenvalue weighted by Crippen LogP contribution is 2.29. The SMILES string of the molecule is CNc1ccc([N+](=O)[O-])c(NC(C)c2ncc(C)s2)n1. The van der Waals surface area contributed by atoms with E-state index in [4.69, 9.17) is 0 Å². The number of nitrogens with one attached hydrogen (secondary N) is 2. The molecule has 0 fully saturated rings. The van der Waals surface area contributed by atoms with Gasteiger partial charge in [-0.05, 0) is 19.9 Å². The molecule has 106 valence electrons. The maximum Gasteiger partial charge on any atom is 0.311 e. The summed E-state index contributed by atoms with van der Waals surface area (Å²) in [6, 6.07) is 2.86. The van der Waals surface area contributed by atoms with Crippen LogP contribution in [-0.2, 0) is 0 Å². The summed E-state index contributed by atoms with van der Waals surface area (Å²) in [5, 5.41) is 17.8. The molecule has 0 saturated heterocycles. The average Bonchev–Trinajstić information content (AvgIpc) is 2.85. The third-order valence-corrected chi connectivity index (χ3v) is 3.79. The summed E-state index contributed by atoms with van der Waals surface area (Å²) in [6.45, 7) is 3.87. The van der Waals surface area contributed by atoms with Crippen LogP contribution in [0.25, 0.3) is 0 Å². The average molecular weight is 293 g/mol. The molecule has 0 aromatic carbocycles. The van der Waals surface area contributed by atoms with E-state index < -0.39 is 4.92 Å². The number of thiazole rings is 1. The van der Waals surface area contributed by atoms with Gasteiger partial charge in [0, 0.05) is 24.2 Å². The van der Waals surface area contributed by atoms with Crippen molar-refractivity contribution in [2.75, 3.05) is 17.7 Å². The fraction of sp³-hybridized carbons (Fsp3) is 0.333. The molecule has 0 radical (unpaired) electrons. The van der Waals surface area contributed by atoms with Crippen molar-refractivity contribution in [3.8, 4) is 0 Å². The van der Waals surface area contributed by atoms with Crippen molar-refractivity contribution in [3.63, 3.8) is 0 Å². The number of aromatic nitrogens is 2. The van der Waals surface area contributed by atoms with Crippen LogP contribution < -0.4 is 10.6 Å². The normalized spacial score (nSPS) is 11.9. The van der Waals surface area contributed by atoms with Crippen LogP contribution in [0.2, 0.25) is 0 Å². The highest BCUT2D eigenvalue weighted by atomic mass is 32.1. The summed E-state index contributed by atoms with van der Waals surface area (Å²) < 4.78 is 0. The minimum atomic E-state index is -0.450. The van der Waals surface area contributed by atoms with E-state index in [9.17, 15) is 10.1 Å². The molecule has 0 amide bonds. The van der Waals surface area contributed by atoms with Gasteiger partial charge in [0.1, 0.15) is 10.8 Å². The molecular formula is C12H15N5O2S. The lowest BCUT2D eigenvalue weighted by molar-refractivity contribution is -0.384. The zero-order valence-corrected chi connectivity index (χ0v) is 12.2. The molecule has 0 aliphatic heterocycles. The molecular weight excluding hydrogens is 278 g/mol. The molecule has 1 atom stereocenters. The van der Waals surface area contributed by atoms with Crippen molar-refractivity contribution in [1.29, 1.82) is 0 Å². The maximum atomic E-state index is 11.0. The first-order valence-corrected chi connectivity index (χ1v) is 6.85. The number of rotatable bonds is 5. The molecule has 2 aromatic rings. The first-order valence-electron chi connectivity index (χ1n) is 6.03. The molecule has 0 aliphatic carbocycles. The Morgan fingerprint density at radius 2 is 2.20 bits per heavy atom. The molecule has 8 heteroatoms. The summed E-state index contributed by atoms with van der Waals surface area (Å²) in [4.78, 5) is 20.2. The summed E-state index contributed by atoms with van der Waals surface area (Å²) >= 11 is 1.55. The number of nitrogens with zero attached hydrogens (tertiary/aromatic N) is 3. The van der Waals surface area contributed by atoms with E-state index in [1.54, 1.807) is 30.6 Å². The van der Waals surface area contributed by atoms with E-state index in [1.165, 1.54) is 6.07 Å². The summed E-state index contributed by atoms with van der Waals surface area (Å²) in [7, 11) is 1.71. The molecule has 0 bridgehead atoms. The second kappa shape index (κ2) is 5.83. The van der Waals surface area contributed by atoms with Crippen LogP contribution in [0, 0.1) is 17.0 Å². The lowest BCUT2D eigenvalue weighted by Crippen LogP contribution is -2.10. The third-order valence-electron chi connectivity index (χ3n) is 2.69. The molecule has 2 rings (SSSR count). The predicted molar refractivity (Wildman–Crippen MR) is 79.3 cm³/mol. The summed E-state index contributed by atoms with van der Waals surface area (Å²) in [5.41, 5.74) is -0.0517. The molecule has 20 heavy (non-hydrogen) atoms. The molecule has 2 aromatic heterocycles. The molecule has 2 heterocycles. The number of hydrogen-bond acceptors (Lipinski definition) is 7. The second-order valence-corrected chi connectivity index (χ2v) is 5.51. The third kappa shape index (κ3) is 3.02. The van der Waals surface area contributed by atoms with Gasteiger partial charge in [0.2, 0.25) is 5.82 Å². The molecule has 0 aliphatic rings. The highest BCUT2D eigenvalue weighted by Gasteiger charge is 2.19. The largest absolute Gasteiger partial charge is 0.373 e. The Kier molecular flexibility index (Phi) is 4.14. The number of hydrogen-bond donors (Lipinski definition) is 2. The van der Waals surface area contributed by atoms with Gasteiger partial charge in [-0.3, -0.25) is 10.1 Å². The van der Waals surface area contributed by atoms with Crippen LogP contribution >= 0.6 is 11.3 Å². The van der Waals surface area contributed by atoms with Crippen molar-refractivity contribution in [3.05, 3.63) is 38.3 Å². The molecule has 0 spiro atoms. The molecule has 1 unspecified atom stereocenters. The summed E-state index contributed by atoms with van der Waals surface area (Å²) in [5.74, 6) is 0.808. The van der Waals surface area contributed by atoms with Crippen LogP contribution in [0.3, 0.4) is 0 Å². The molecule has 0 saturated carbocycles. The standard InChI is InChI=1S/C12H15N5O2S/c1-7-6-14-12(20-7)8(2)15-11-9(17(18)19)4-5-10(13-3)16-11/h4-6,8H,1-3H3,(H2,13,15,16). The van der Waals surface area contributed by atoms with E-state index in [2.05, 4.69) is 20.6 Å². The number of aryl methyl sites for hydroxylation is 1. The first-order chi connectivity index (χ1) is 9.51. The lowest BCUT2D eigenvalue weighted by atomic mass is 10.3. The van der Waals surface area contributed by atoms with Crippen molar-refractivity contribution in [2.45, 2.75) is 19.9 Å². The zero-order valence-electron chi connectivity index (χ0n) is 11.4. The van der Waals surface area contributed by atoms with Crippen LogP contribution in [0.4, 0.5) is 17.3 Å². The molecule has 2 N–H and O–H groups in total. The van der Waals surface area contributed by atoms with Gasteiger partial charge in [0.25, 0.3) is 0 Å². The minimum absolute atomic E-state index is 0.0517. The minimum Gasteiger partial charge on any atom is -0.373 e. The van der Waals surface area contributed by atoms with Gasteiger partial charge in [-0.1, -0.05) is 0 Å². The van der Waals surface area contributed by atoms with E-state index in [1.807, 2.05) is 13.8 Å². The second-order valence-electron chi connectivity index (χ2n) is 4.25. The number of anilines is 2.